The molecular weight excluding hydrogens is 458 g/mol. The van der Waals surface area contributed by atoms with Crippen LogP contribution in [0.15, 0.2) is 59.5 Å². The summed E-state index contributed by atoms with van der Waals surface area (Å²) in [7, 11) is 0. The summed E-state index contributed by atoms with van der Waals surface area (Å²) in [6.07, 6.45) is 5.57. The van der Waals surface area contributed by atoms with E-state index < -0.39 is 17.2 Å². The maximum Gasteiger partial charge on any atom is 0.316 e. The van der Waals surface area contributed by atoms with E-state index >= 15 is 0 Å². The first-order valence-electron chi connectivity index (χ1n) is 11.3. The number of halogens is 2. The highest BCUT2D eigenvalue weighted by Gasteiger charge is 2.45. The van der Waals surface area contributed by atoms with Crippen LogP contribution in [-0.2, 0) is 5.41 Å². The Bertz CT molecular complexity index is 1210. The Kier molecular flexibility index (Phi) is 6.31. The van der Waals surface area contributed by atoms with Gasteiger partial charge in [0.15, 0.2) is 0 Å². The summed E-state index contributed by atoms with van der Waals surface area (Å²) in [6, 6.07) is 13.1. The maximum absolute atomic E-state index is 13.9. The maximum atomic E-state index is 13.9. The molecular formula is C25H26F2N4O2S. The molecule has 34 heavy (non-hydrogen) atoms. The van der Waals surface area contributed by atoms with Crippen LogP contribution in [0.3, 0.4) is 0 Å². The molecule has 3 aromatic rings. The second-order valence-electron chi connectivity index (χ2n) is 8.74. The highest BCUT2D eigenvalue weighted by atomic mass is 32.2. The topological polar surface area (TPSA) is 50.6 Å². The highest BCUT2D eigenvalue weighted by Crippen LogP contribution is 2.48. The summed E-state index contributed by atoms with van der Waals surface area (Å²) in [5, 5.41) is 4.25. The molecule has 0 bridgehead atoms. The Morgan fingerprint density at radius 3 is 2.32 bits per heavy atom. The van der Waals surface area contributed by atoms with Gasteiger partial charge in [0, 0.05) is 37.7 Å². The first-order chi connectivity index (χ1) is 16.5. The second kappa shape index (κ2) is 9.38. The molecule has 1 aliphatic heterocycles. The van der Waals surface area contributed by atoms with Crippen molar-refractivity contribution in [2.75, 3.05) is 43.9 Å². The van der Waals surface area contributed by atoms with Crippen molar-refractivity contribution < 1.29 is 13.5 Å². The number of rotatable bonds is 7. The van der Waals surface area contributed by atoms with Crippen LogP contribution in [0.25, 0.3) is 5.69 Å². The van der Waals surface area contributed by atoms with Gasteiger partial charge in [-0.05, 0) is 36.8 Å². The Hall–Kier alpha value is -2.91. The quantitative estimate of drug-likeness (QED) is 0.472. The number of aromatic nitrogens is 2. The van der Waals surface area contributed by atoms with Gasteiger partial charge < -0.3 is 9.64 Å². The van der Waals surface area contributed by atoms with Gasteiger partial charge in [-0.25, -0.2) is 13.1 Å². The van der Waals surface area contributed by atoms with Gasteiger partial charge in [-0.2, -0.15) is 9.78 Å². The predicted octanol–water partition coefficient (Wildman–Crippen LogP) is 4.02. The summed E-state index contributed by atoms with van der Waals surface area (Å²) in [5.41, 5.74) is 1.17. The Morgan fingerprint density at radius 1 is 1.03 bits per heavy atom. The Morgan fingerprint density at radius 2 is 1.71 bits per heavy atom. The number of piperazine rings is 1. The van der Waals surface area contributed by atoms with E-state index in [0.717, 1.165) is 61.9 Å². The molecule has 0 amide bonds. The smallest absolute Gasteiger partial charge is 0.316 e. The molecule has 1 aliphatic carbocycles. The lowest BCUT2D eigenvalue weighted by Crippen LogP contribution is -2.44. The van der Waals surface area contributed by atoms with E-state index in [4.69, 9.17) is 4.74 Å². The zero-order chi connectivity index (χ0) is 23.7. The zero-order valence-corrected chi connectivity index (χ0v) is 19.7. The van der Waals surface area contributed by atoms with Gasteiger partial charge in [-0.1, -0.05) is 42.3 Å². The van der Waals surface area contributed by atoms with E-state index in [1.165, 1.54) is 5.56 Å². The molecule has 178 valence electrons. The van der Waals surface area contributed by atoms with Gasteiger partial charge in [0.1, 0.15) is 17.3 Å². The molecule has 0 unspecified atom stereocenters. The van der Waals surface area contributed by atoms with Crippen LogP contribution >= 0.6 is 11.9 Å². The number of hydrogen-bond donors (Lipinski definition) is 0. The minimum atomic E-state index is -0.774. The Balaban J connectivity index is 1.50. The summed E-state index contributed by atoms with van der Waals surface area (Å²) in [5.74, 6) is -1.38. The molecule has 1 saturated heterocycles. The van der Waals surface area contributed by atoms with Gasteiger partial charge in [-0.3, -0.25) is 4.79 Å². The first-order valence-corrected chi connectivity index (χ1v) is 12.5. The molecule has 0 N–H and O–H groups in total. The monoisotopic (exact) mass is 484 g/mol. The summed E-state index contributed by atoms with van der Waals surface area (Å²) in [4.78, 5) is 15.6. The minimum absolute atomic E-state index is 0.0234. The highest BCUT2D eigenvalue weighted by molar-refractivity contribution is 7.96. The van der Waals surface area contributed by atoms with Crippen LogP contribution < -0.4 is 15.2 Å². The molecule has 1 saturated carbocycles. The fourth-order valence-corrected chi connectivity index (χ4v) is 4.94. The van der Waals surface area contributed by atoms with Crippen molar-refractivity contribution in [2.24, 2.45) is 0 Å². The van der Waals surface area contributed by atoms with Crippen LogP contribution in [0.5, 0.6) is 5.75 Å². The predicted molar refractivity (Wildman–Crippen MR) is 130 cm³/mol. The van der Waals surface area contributed by atoms with Gasteiger partial charge in [0.2, 0.25) is 5.75 Å². The molecule has 5 rings (SSSR count). The molecule has 0 atom stereocenters. The molecule has 1 aromatic heterocycles. The summed E-state index contributed by atoms with van der Waals surface area (Å²) in [6.45, 7) is 3.48. The normalized spacial score (nSPS) is 17.6. The van der Waals surface area contributed by atoms with Crippen molar-refractivity contribution in [3.8, 4) is 11.4 Å². The third-order valence-corrected chi connectivity index (χ3v) is 7.46. The second-order valence-corrected chi connectivity index (χ2v) is 9.62. The molecule has 2 aliphatic rings. The fraction of sp³-hybridized carbons (Fsp3) is 0.360. The zero-order valence-electron chi connectivity index (χ0n) is 18.9. The van der Waals surface area contributed by atoms with E-state index in [0.29, 0.717) is 12.3 Å². The van der Waals surface area contributed by atoms with Crippen LogP contribution in [0.2, 0.25) is 0 Å². The number of ether oxygens (including phenoxy) is 1. The van der Waals surface area contributed by atoms with Crippen LogP contribution in [0.1, 0.15) is 18.4 Å². The number of anilines is 1. The molecule has 2 fully saturated rings. The number of benzene rings is 2. The van der Waals surface area contributed by atoms with E-state index in [9.17, 15) is 13.6 Å². The lowest BCUT2D eigenvalue weighted by atomic mass is 9.97. The van der Waals surface area contributed by atoms with Crippen molar-refractivity contribution >= 4 is 17.6 Å². The van der Waals surface area contributed by atoms with Crippen molar-refractivity contribution in [1.29, 1.82) is 0 Å². The van der Waals surface area contributed by atoms with Gasteiger partial charge >= 0.3 is 5.56 Å². The van der Waals surface area contributed by atoms with E-state index in [-0.39, 0.29) is 16.9 Å². The van der Waals surface area contributed by atoms with Gasteiger partial charge in [0.05, 0.1) is 18.5 Å². The summed E-state index contributed by atoms with van der Waals surface area (Å²) < 4.78 is 37.2. The number of hydrogen-bond acceptors (Lipinski definition) is 6. The van der Waals surface area contributed by atoms with Crippen molar-refractivity contribution in [3.05, 3.63) is 82.3 Å². The lowest BCUT2D eigenvalue weighted by Gasteiger charge is -2.35. The SMILES string of the molecule is CSN1CCN(c2cnn(-c3cc(F)cc(F)c3)c(=O)c2OCC2(c3ccccc3)CC2)CC1. The minimum Gasteiger partial charge on any atom is -0.485 e. The van der Waals surface area contributed by atoms with E-state index in [2.05, 4.69) is 26.4 Å². The van der Waals surface area contributed by atoms with Gasteiger partial charge in [0.25, 0.3) is 0 Å². The third kappa shape index (κ3) is 4.54. The molecule has 2 aromatic carbocycles. The fourth-order valence-electron chi connectivity index (χ4n) is 4.42. The molecule has 6 nitrogen and oxygen atoms in total. The molecule has 0 radical (unpaired) electrons. The van der Waals surface area contributed by atoms with E-state index in [1.54, 1.807) is 18.1 Å². The molecule has 0 spiro atoms. The summed E-state index contributed by atoms with van der Waals surface area (Å²) >= 11 is 1.70. The Labute approximate surface area is 201 Å². The average molecular weight is 485 g/mol. The van der Waals surface area contributed by atoms with Crippen molar-refractivity contribution in [1.82, 2.24) is 14.1 Å². The van der Waals surface area contributed by atoms with Gasteiger partial charge in [-0.15, -0.1) is 0 Å². The van der Waals surface area contributed by atoms with E-state index in [1.807, 2.05) is 24.5 Å². The largest absolute Gasteiger partial charge is 0.485 e. The van der Waals surface area contributed by atoms with Crippen LogP contribution in [0.4, 0.5) is 14.5 Å². The molecule has 9 heteroatoms. The standard InChI is InChI=1S/C25H26F2N4O2S/c1-34-30-11-9-29(10-12-30)22-16-28-31(21-14-19(26)13-20(27)15-21)24(32)23(22)33-17-25(7-8-25)18-5-3-2-4-6-18/h2-6,13-16H,7-12,17H2,1H3. The first kappa shape index (κ1) is 22.9. The van der Waals surface area contributed by atoms with Crippen molar-refractivity contribution in [3.63, 3.8) is 0 Å². The number of nitrogens with zero attached hydrogens (tertiary/aromatic N) is 4. The van der Waals surface area contributed by atoms with Crippen LogP contribution in [-0.4, -0.2) is 53.1 Å². The van der Waals surface area contributed by atoms with Crippen LogP contribution in [0, 0.1) is 11.6 Å². The lowest BCUT2D eigenvalue weighted by molar-refractivity contribution is 0.272. The average Bonchev–Trinajstić information content (AvgIpc) is 3.64. The van der Waals surface area contributed by atoms with Crippen molar-refractivity contribution in [2.45, 2.75) is 18.3 Å². The molecule has 2 heterocycles. The third-order valence-electron chi connectivity index (χ3n) is 6.58.